The summed E-state index contributed by atoms with van der Waals surface area (Å²) in [5.74, 6) is 0. The van der Waals surface area contributed by atoms with Crippen LogP contribution in [0.1, 0.15) is 169 Å². The summed E-state index contributed by atoms with van der Waals surface area (Å²) in [5, 5.41) is 2.86. The fraction of sp³-hybridized carbons (Fsp3) is 0.698. The van der Waals surface area contributed by atoms with Crippen molar-refractivity contribution in [1.29, 1.82) is 0 Å². The minimum atomic E-state index is -0.625. The van der Waals surface area contributed by atoms with Crippen LogP contribution in [0.15, 0.2) is 24.3 Å². The highest BCUT2D eigenvalue weighted by atomic mass is 16.7. The molecule has 7 heteroatoms. The summed E-state index contributed by atoms with van der Waals surface area (Å²) in [5.41, 5.74) is 5.91. The fourth-order valence-electron chi connectivity index (χ4n) is 8.47. The van der Waals surface area contributed by atoms with E-state index in [2.05, 4.69) is 91.1 Å². The number of aryl methyl sites for hydroxylation is 2. The van der Waals surface area contributed by atoms with Crippen LogP contribution in [0.3, 0.4) is 0 Å². The number of unbranched alkanes of at least 4 members (excludes halogenated alkanes) is 10. The predicted molar refractivity (Wildman–Crippen MR) is 213 cm³/mol. The molecule has 2 fully saturated rings. The molecule has 2 aromatic carbocycles. The van der Waals surface area contributed by atoms with Gasteiger partial charge in [-0.3, -0.25) is 0 Å². The van der Waals surface area contributed by atoms with Crippen molar-refractivity contribution < 1.29 is 18.6 Å². The quantitative estimate of drug-likeness (QED) is 0.0808. The molecule has 0 radical (unpaired) electrons. The first kappa shape index (κ1) is 37.8. The minimum Gasteiger partial charge on any atom is -0.399 e. The second-order valence-corrected chi connectivity index (χ2v) is 17.7. The molecule has 2 saturated heterocycles. The van der Waals surface area contributed by atoms with Crippen molar-refractivity contribution in [3.63, 3.8) is 0 Å². The average Bonchev–Trinajstić information content (AvgIpc) is 3.59. The Kier molecular flexibility index (Phi) is 11.2. The SMILES string of the molecule is [CH2+]C1(C)OB(c2cc3c4c5c(cc(B6OC(C)(C)C(C)(C)O6)cc5n(C(CCCCCCCC)CCCCCCCC)c4c2)CC3)OC1(C)C. The van der Waals surface area contributed by atoms with Crippen LogP contribution in [0.2, 0.25) is 0 Å². The highest BCUT2D eigenvalue weighted by Gasteiger charge is 2.57. The normalized spacial score (nSPS) is 22.3. The molecule has 1 unspecified atom stereocenters. The molecule has 5 nitrogen and oxygen atoms in total. The summed E-state index contributed by atoms with van der Waals surface area (Å²) in [7, 11) is -0.811. The van der Waals surface area contributed by atoms with E-state index < -0.39 is 18.3 Å². The first-order chi connectivity index (χ1) is 23.7. The van der Waals surface area contributed by atoms with Crippen LogP contribution in [-0.4, -0.2) is 41.2 Å². The molecule has 1 atom stereocenters. The molecule has 0 spiro atoms. The van der Waals surface area contributed by atoms with Crippen LogP contribution in [0, 0.1) is 6.92 Å². The number of aromatic nitrogens is 1. The number of rotatable bonds is 17. The molecule has 50 heavy (non-hydrogen) atoms. The van der Waals surface area contributed by atoms with Crippen molar-refractivity contribution in [1.82, 2.24) is 4.57 Å². The molecule has 1 aromatic heterocycles. The maximum absolute atomic E-state index is 6.67. The maximum atomic E-state index is 6.67. The Morgan fingerprint density at radius 2 is 0.980 bits per heavy atom. The summed E-state index contributed by atoms with van der Waals surface area (Å²) in [6.45, 7) is 23.9. The number of hydrogen-bond acceptors (Lipinski definition) is 4. The van der Waals surface area contributed by atoms with Gasteiger partial charge in [0.2, 0.25) is 5.60 Å². The predicted octanol–water partition coefficient (Wildman–Crippen LogP) is 10.3. The average molecular weight is 683 g/mol. The van der Waals surface area contributed by atoms with Crippen LogP contribution in [-0.2, 0) is 31.5 Å². The molecule has 0 N–H and O–H groups in total. The van der Waals surface area contributed by atoms with Gasteiger partial charge in [-0.05, 0) is 101 Å². The van der Waals surface area contributed by atoms with Gasteiger partial charge in [0.15, 0.2) is 0 Å². The molecule has 1 aliphatic carbocycles. The Morgan fingerprint density at radius 1 is 0.580 bits per heavy atom. The van der Waals surface area contributed by atoms with E-state index >= 15 is 0 Å². The van der Waals surface area contributed by atoms with Gasteiger partial charge in [-0.15, -0.1) is 0 Å². The van der Waals surface area contributed by atoms with E-state index in [1.165, 1.54) is 123 Å². The molecule has 2 aliphatic heterocycles. The second kappa shape index (κ2) is 14.8. The lowest BCUT2D eigenvalue weighted by atomic mass is 9.74. The van der Waals surface area contributed by atoms with Gasteiger partial charge in [-0.1, -0.05) is 103 Å². The molecule has 0 bridgehead atoms. The molecule has 6 rings (SSSR count). The molecule has 0 saturated carbocycles. The molecule has 3 aromatic rings. The highest BCUT2D eigenvalue weighted by Crippen LogP contribution is 2.43. The molecule has 3 aliphatic rings. The van der Waals surface area contributed by atoms with Gasteiger partial charge in [-0.25, -0.2) is 0 Å². The molecular formula is C43H66B2NO4+. The molecule has 0 amide bonds. The van der Waals surface area contributed by atoms with Crippen molar-refractivity contribution in [2.75, 3.05) is 0 Å². The minimum absolute atomic E-state index is 0.378. The Hall–Kier alpha value is -1.92. The number of hydrogen-bond donors (Lipinski definition) is 0. The van der Waals surface area contributed by atoms with Crippen molar-refractivity contribution in [3.05, 3.63) is 42.3 Å². The monoisotopic (exact) mass is 683 g/mol. The van der Waals surface area contributed by atoms with Gasteiger partial charge in [0.1, 0.15) is 5.60 Å². The van der Waals surface area contributed by atoms with E-state index in [1.54, 1.807) is 0 Å². The summed E-state index contributed by atoms with van der Waals surface area (Å²) in [6, 6.07) is 10.0. The largest absolute Gasteiger partial charge is 0.498 e. The summed E-state index contributed by atoms with van der Waals surface area (Å²) < 4.78 is 29.3. The Balaban J connectivity index is 1.46. The fourth-order valence-corrected chi connectivity index (χ4v) is 8.47. The van der Waals surface area contributed by atoms with Crippen LogP contribution in [0.25, 0.3) is 21.8 Å². The van der Waals surface area contributed by atoms with Crippen molar-refractivity contribution in [2.45, 2.75) is 193 Å². The van der Waals surface area contributed by atoms with Gasteiger partial charge < -0.3 is 23.2 Å². The van der Waals surface area contributed by atoms with Crippen molar-refractivity contribution in [2.24, 2.45) is 0 Å². The third-order valence-corrected chi connectivity index (χ3v) is 12.9. The van der Waals surface area contributed by atoms with E-state index in [0.29, 0.717) is 6.04 Å². The van der Waals surface area contributed by atoms with Crippen molar-refractivity contribution >= 4 is 47.0 Å². The second-order valence-electron chi connectivity index (χ2n) is 17.7. The zero-order chi connectivity index (χ0) is 35.9. The topological polar surface area (TPSA) is 41.9 Å². The summed E-state index contributed by atoms with van der Waals surface area (Å²) in [6.07, 6.45) is 20.2. The lowest BCUT2D eigenvalue weighted by Gasteiger charge is -2.32. The van der Waals surface area contributed by atoms with Gasteiger partial charge in [0.05, 0.1) is 18.1 Å². The van der Waals surface area contributed by atoms with Crippen LogP contribution in [0.5, 0.6) is 0 Å². The highest BCUT2D eigenvalue weighted by molar-refractivity contribution is 6.63. The van der Waals surface area contributed by atoms with Crippen molar-refractivity contribution in [3.8, 4) is 0 Å². The molecular weight excluding hydrogens is 616 g/mol. The molecule has 3 heterocycles. The Morgan fingerprint density at radius 3 is 1.40 bits per heavy atom. The standard InChI is InChI=1S/C43H66B2NO4/c1-11-13-15-17-19-21-23-35(24-22-20-18-16-14-12-2)46-36-29-33(44-47-40(3,4)41(5,6)48-44)27-31-25-26-32-28-34(30-37(46)39(32)38(31)36)45-49-42(7,8)43(9,10)50-45/h27-30,35H,3,11-26H2,1-2,4-10H3/q+1. The first-order valence-electron chi connectivity index (χ1n) is 20.4. The van der Waals surface area contributed by atoms with Crippen LogP contribution < -0.4 is 10.9 Å². The maximum Gasteiger partial charge on any atom is 0.498 e. The Bertz CT molecular complexity index is 1490. The smallest absolute Gasteiger partial charge is 0.399 e. The number of benzene rings is 2. The zero-order valence-electron chi connectivity index (χ0n) is 33.1. The van der Waals surface area contributed by atoms with Gasteiger partial charge >= 0.3 is 14.2 Å². The van der Waals surface area contributed by atoms with Gasteiger partial charge in [0.25, 0.3) is 0 Å². The van der Waals surface area contributed by atoms with E-state index in [9.17, 15) is 0 Å². The first-order valence-corrected chi connectivity index (χ1v) is 20.4. The summed E-state index contributed by atoms with van der Waals surface area (Å²) in [4.78, 5) is 0. The Labute approximate surface area is 305 Å². The van der Waals surface area contributed by atoms with E-state index in [-0.39, 0.29) is 18.3 Å². The third kappa shape index (κ3) is 7.32. The van der Waals surface area contributed by atoms with E-state index in [0.717, 1.165) is 23.8 Å². The van der Waals surface area contributed by atoms with Gasteiger partial charge in [-0.2, -0.15) is 0 Å². The number of nitrogens with zero attached hydrogens (tertiary/aromatic N) is 1. The van der Waals surface area contributed by atoms with Gasteiger partial charge in [0, 0.05) is 34.8 Å². The van der Waals surface area contributed by atoms with E-state index in [4.69, 9.17) is 18.6 Å². The van der Waals surface area contributed by atoms with Crippen LogP contribution in [0.4, 0.5) is 0 Å². The lowest BCUT2D eigenvalue weighted by molar-refractivity contribution is 0.00578. The molecule has 272 valence electrons. The summed E-state index contributed by atoms with van der Waals surface area (Å²) >= 11 is 0. The van der Waals surface area contributed by atoms with Crippen LogP contribution >= 0.6 is 0 Å². The van der Waals surface area contributed by atoms with E-state index in [1.807, 2.05) is 6.92 Å². The lowest BCUT2D eigenvalue weighted by Crippen LogP contribution is -2.42. The zero-order valence-corrected chi connectivity index (χ0v) is 33.1. The third-order valence-electron chi connectivity index (χ3n) is 12.9.